The number of oxime groups is 1. The van der Waals surface area contributed by atoms with Gasteiger partial charge in [0.2, 0.25) is 0 Å². The van der Waals surface area contributed by atoms with Gasteiger partial charge in [-0.1, -0.05) is 11.2 Å². The van der Waals surface area contributed by atoms with Gasteiger partial charge in [-0.3, -0.25) is 9.62 Å². The number of fused-ring (bicyclic) bond motifs is 1. The summed E-state index contributed by atoms with van der Waals surface area (Å²) in [5.41, 5.74) is 4.26. The SMILES string of the molecule is NC(CC1CN(S(=O)(=O)c2cccc(C(F)(F)F)c2)c2cc(NC(=O)O)ccc2O1)=NO. The Bertz CT molecular complexity index is 1170. The molecule has 1 heterocycles. The molecule has 1 amide bonds. The maximum Gasteiger partial charge on any atom is 0.416 e. The molecule has 0 aromatic heterocycles. The zero-order chi connectivity index (χ0) is 23.7. The number of carboxylic acid groups (broad SMARTS) is 1. The van der Waals surface area contributed by atoms with Crippen molar-refractivity contribution >= 4 is 33.3 Å². The van der Waals surface area contributed by atoms with E-state index in [9.17, 15) is 26.4 Å². The molecule has 0 saturated heterocycles. The summed E-state index contributed by atoms with van der Waals surface area (Å²) in [6, 6.07) is 7.01. The molecule has 5 N–H and O–H groups in total. The van der Waals surface area contributed by atoms with Crippen LogP contribution in [0.5, 0.6) is 5.75 Å². The number of hydrogen-bond acceptors (Lipinski definition) is 6. The van der Waals surface area contributed by atoms with E-state index in [1.165, 1.54) is 18.2 Å². The third-order valence-corrected chi connectivity index (χ3v) is 6.23. The summed E-state index contributed by atoms with van der Waals surface area (Å²) in [4.78, 5) is 10.3. The molecule has 2 aromatic carbocycles. The first-order chi connectivity index (χ1) is 14.9. The van der Waals surface area contributed by atoms with Gasteiger partial charge < -0.3 is 20.8 Å². The van der Waals surface area contributed by atoms with Crippen molar-refractivity contribution < 1.29 is 41.4 Å². The van der Waals surface area contributed by atoms with E-state index >= 15 is 0 Å². The van der Waals surface area contributed by atoms with Gasteiger partial charge in [0.1, 0.15) is 17.7 Å². The third kappa shape index (κ3) is 4.80. The first kappa shape index (κ1) is 23.0. The molecule has 14 heteroatoms. The van der Waals surface area contributed by atoms with Gasteiger partial charge in [-0.25, -0.2) is 13.2 Å². The van der Waals surface area contributed by atoms with E-state index in [0.29, 0.717) is 6.07 Å². The van der Waals surface area contributed by atoms with E-state index in [-0.39, 0.29) is 29.4 Å². The quantitative estimate of drug-likeness (QED) is 0.225. The highest BCUT2D eigenvalue weighted by molar-refractivity contribution is 7.92. The van der Waals surface area contributed by atoms with Crippen LogP contribution in [0, 0.1) is 0 Å². The molecular weight excluding hydrogens is 457 g/mol. The lowest BCUT2D eigenvalue weighted by atomic mass is 10.1. The van der Waals surface area contributed by atoms with Crippen LogP contribution in [0.4, 0.5) is 29.3 Å². The zero-order valence-corrected chi connectivity index (χ0v) is 16.9. The van der Waals surface area contributed by atoms with Gasteiger partial charge in [0, 0.05) is 12.1 Å². The molecule has 0 aliphatic carbocycles. The number of rotatable bonds is 5. The Morgan fingerprint density at radius 2 is 2.00 bits per heavy atom. The third-order valence-electron chi connectivity index (χ3n) is 4.46. The van der Waals surface area contributed by atoms with Crippen LogP contribution >= 0.6 is 0 Å². The molecular formula is C18H17F3N4O6S. The van der Waals surface area contributed by atoms with Crippen LogP contribution in [0.1, 0.15) is 12.0 Å². The van der Waals surface area contributed by atoms with E-state index < -0.39 is 45.4 Å². The molecule has 1 aliphatic rings. The normalized spacial score (nSPS) is 16.8. The van der Waals surface area contributed by atoms with Gasteiger partial charge in [-0.05, 0) is 36.4 Å². The first-order valence-electron chi connectivity index (χ1n) is 8.89. The maximum atomic E-state index is 13.3. The minimum Gasteiger partial charge on any atom is -0.486 e. The second-order valence-corrected chi connectivity index (χ2v) is 8.57. The van der Waals surface area contributed by atoms with Crippen LogP contribution in [-0.2, 0) is 16.2 Å². The predicted octanol–water partition coefficient (Wildman–Crippen LogP) is 2.89. The molecule has 0 fully saturated rings. The van der Waals surface area contributed by atoms with Gasteiger partial charge in [0.15, 0.2) is 0 Å². The molecule has 172 valence electrons. The van der Waals surface area contributed by atoms with Crippen molar-refractivity contribution in [1.82, 2.24) is 0 Å². The highest BCUT2D eigenvalue weighted by Gasteiger charge is 2.37. The van der Waals surface area contributed by atoms with Crippen molar-refractivity contribution in [3.8, 4) is 5.75 Å². The Morgan fingerprint density at radius 1 is 1.28 bits per heavy atom. The largest absolute Gasteiger partial charge is 0.486 e. The molecule has 10 nitrogen and oxygen atoms in total. The van der Waals surface area contributed by atoms with Crippen molar-refractivity contribution in [1.29, 1.82) is 0 Å². The number of nitrogens with zero attached hydrogens (tertiary/aromatic N) is 2. The van der Waals surface area contributed by atoms with Crippen LogP contribution in [-0.4, -0.2) is 43.3 Å². The van der Waals surface area contributed by atoms with E-state index in [4.69, 9.17) is 20.8 Å². The van der Waals surface area contributed by atoms with Crippen LogP contribution < -0.4 is 20.1 Å². The van der Waals surface area contributed by atoms with Crippen molar-refractivity contribution in [3.05, 3.63) is 48.0 Å². The molecule has 3 rings (SSSR count). The van der Waals surface area contributed by atoms with Gasteiger partial charge in [0.25, 0.3) is 10.0 Å². The number of amidine groups is 1. The fourth-order valence-electron chi connectivity index (χ4n) is 3.08. The number of carbonyl (C=O) groups is 1. The molecule has 1 aliphatic heterocycles. The number of hydrogen-bond donors (Lipinski definition) is 4. The Labute approximate surface area is 179 Å². The monoisotopic (exact) mass is 474 g/mol. The lowest BCUT2D eigenvalue weighted by molar-refractivity contribution is -0.137. The summed E-state index contributed by atoms with van der Waals surface area (Å²) in [5.74, 6) is -0.238. The van der Waals surface area contributed by atoms with Crippen LogP contribution in [0.25, 0.3) is 0 Å². The standard InChI is InChI=1S/C18H17F3N4O6S/c19-18(20,21)10-2-1-3-13(6-10)32(29,30)25-9-12(8-16(22)24-28)31-15-5-4-11(7-14(15)25)23-17(26)27/h1-7,12,23,28H,8-9H2,(H2,22,24)(H,26,27). The molecule has 0 spiro atoms. The number of anilines is 2. The smallest absolute Gasteiger partial charge is 0.416 e. The predicted molar refractivity (Wildman–Crippen MR) is 107 cm³/mol. The van der Waals surface area contributed by atoms with Crippen LogP contribution in [0.15, 0.2) is 52.5 Å². The number of ether oxygens (including phenoxy) is 1. The molecule has 2 aromatic rings. The fraction of sp³-hybridized carbons (Fsp3) is 0.222. The fourth-order valence-corrected chi connectivity index (χ4v) is 4.63. The Balaban J connectivity index is 2.10. The number of nitrogens with one attached hydrogen (secondary N) is 1. The molecule has 1 unspecified atom stereocenters. The highest BCUT2D eigenvalue weighted by Crippen LogP contribution is 2.40. The number of amides is 1. The average Bonchev–Trinajstić information content (AvgIpc) is 2.72. The van der Waals surface area contributed by atoms with Crippen molar-refractivity contribution in [2.45, 2.75) is 23.6 Å². The highest BCUT2D eigenvalue weighted by atomic mass is 32.2. The Hall–Kier alpha value is -3.68. The van der Waals surface area contributed by atoms with Crippen molar-refractivity contribution in [3.63, 3.8) is 0 Å². The Kier molecular flexibility index (Phi) is 6.07. The summed E-state index contributed by atoms with van der Waals surface area (Å²) >= 11 is 0. The minimum absolute atomic E-state index is 0.0125. The number of nitrogens with two attached hydrogens (primary N) is 1. The number of sulfonamides is 1. The van der Waals surface area contributed by atoms with E-state index in [2.05, 4.69) is 10.5 Å². The van der Waals surface area contributed by atoms with Gasteiger partial charge in [-0.2, -0.15) is 13.2 Å². The van der Waals surface area contributed by atoms with Crippen LogP contribution in [0.2, 0.25) is 0 Å². The second kappa shape index (κ2) is 8.45. The molecule has 0 bridgehead atoms. The summed E-state index contributed by atoms with van der Waals surface area (Å²) < 4.78 is 72.4. The molecule has 1 atom stereocenters. The lowest BCUT2D eigenvalue weighted by Crippen LogP contribution is -2.45. The van der Waals surface area contributed by atoms with E-state index in [1.54, 1.807) is 0 Å². The zero-order valence-electron chi connectivity index (χ0n) is 16.1. The summed E-state index contributed by atoms with van der Waals surface area (Å²) in [5, 5.41) is 22.6. The average molecular weight is 474 g/mol. The minimum atomic E-state index is -4.76. The Morgan fingerprint density at radius 3 is 2.62 bits per heavy atom. The number of benzene rings is 2. The summed E-state index contributed by atoms with van der Waals surface area (Å²) in [6.45, 7) is -0.391. The molecule has 32 heavy (non-hydrogen) atoms. The van der Waals surface area contributed by atoms with Gasteiger partial charge >= 0.3 is 12.3 Å². The van der Waals surface area contributed by atoms with Crippen molar-refractivity contribution in [2.75, 3.05) is 16.2 Å². The number of alkyl halides is 3. The first-order valence-corrected chi connectivity index (χ1v) is 10.3. The van der Waals surface area contributed by atoms with Gasteiger partial charge in [0.05, 0.1) is 22.7 Å². The maximum absolute atomic E-state index is 13.3. The van der Waals surface area contributed by atoms with E-state index in [0.717, 1.165) is 22.5 Å². The topological polar surface area (TPSA) is 155 Å². The summed E-state index contributed by atoms with van der Waals surface area (Å²) in [7, 11) is -4.54. The summed E-state index contributed by atoms with van der Waals surface area (Å²) in [6.07, 6.45) is -7.28. The second-order valence-electron chi connectivity index (χ2n) is 6.71. The lowest BCUT2D eigenvalue weighted by Gasteiger charge is -2.35. The van der Waals surface area contributed by atoms with Crippen LogP contribution in [0.3, 0.4) is 0 Å². The molecule has 0 radical (unpaired) electrons. The van der Waals surface area contributed by atoms with Gasteiger partial charge in [-0.15, -0.1) is 0 Å². The van der Waals surface area contributed by atoms with E-state index in [1.807, 2.05) is 0 Å². The van der Waals surface area contributed by atoms with Crippen molar-refractivity contribution in [2.24, 2.45) is 10.9 Å². The number of halogens is 3. The molecule has 0 saturated carbocycles.